The Morgan fingerprint density at radius 2 is 1.92 bits per heavy atom. The zero-order valence-corrected chi connectivity index (χ0v) is 13.0. The lowest BCUT2D eigenvalue weighted by atomic mass is 9.92. The maximum atomic E-state index is 13.3. The predicted molar refractivity (Wildman–Crippen MR) is 75.7 cm³/mol. The molecule has 138 valence electrons. The van der Waals surface area contributed by atoms with Gasteiger partial charge in [0.1, 0.15) is 12.6 Å². The van der Waals surface area contributed by atoms with Crippen molar-refractivity contribution in [2.24, 2.45) is 7.05 Å². The summed E-state index contributed by atoms with van der Waals surface area (Å²) >= 11 is 0. The minimum absolute atomic E-state index is 0.0281. The molecule has 2 heterocycles. The number of pyridine rings is 1. The summed E-state index contributed by atoms with van der Waals surface area (Å²) in [6.07, 6.45) is -9.11. The first kappa shape index (κ1) is 17.8. The molecule has 0 N–H and O–H groups in total. The van der Waals surface area contributed by atoms with Gasteiger partial charge in [0.05, 0.1) is 12.2 Å². The van der Waals surface area contributed by atoms with Crippen molar-refractivity contribution in [1.29, 1.82) is 0 Å². The Balaban J connectivity index is 2.15. The van der Waals surface area contributed by atoms with Gasteiger partial charge in [0.2, 0.25) is 0 Å². The van der Waals surface area contributed by atoms with E-state index in [0.29, 0.717) is 6.07 Å². The summed E-state index contributed by atoms with van der Waals surface area (Å²) in [7, 11) is 1.33. The Morgan fingerprint density at radius 3 is 2.52 bits per heavy atom. The van der Waals surface area contributed by atoms with Crippen LogP contribution in [0.4, 0.5) is 26.3 Å². The van der Waals surface area contributed by atoms with Crippen molar-refractivity contribution >= 4 is 6.08 Å². The van der Waals surface area contributed by atoms with E-state index >= 15 is 0 Å². The summed E-state index contributed by atoms with van der Waals surface area (Å²) in [5.74, 6) is 0. The Labute approximate surface area is 138 Å². The molecule has 1 aliphatic carbocycles. The van der Waals surface area contributed by atoms with Crippen molar-refractivity contribution in [3.8, 4) is 0 Å². The number of halogens is 6. The van der Waals surface area contributed by atoms with Crippen LogP contribution in [0.2, 0.25) is 0 Å². The van der Waals surface area contributed by atoms with Crippen LogP contribution in [-0.2, 0) is 24.4 Å². The Hall–Kier alpha value is -1.97. The largest absolute Gasteiger partial charge is 0.417 e. The molecule has 0 amide bonds. The molecular formula is C15H14F6N2O2. The highest BCUT2D eigenvalue weighted by Crippen LogP contribution is 2.38. The predicted octanol–water partition coefficient (Wildman–Crippen LogP) is 2.56. The molecule has 0 saturated carbocycles. The molecule has 1 fully saturated rings. The Kier molecular flexibility index (Phi) is 4.13. The Morgan fingerprint density at radius 1 is 1.24 bits per heavy atom. The third-order valence-electron chi connectivity index (χ3n) is 4.33. The fraction of sp³-hybridized carbons (Fsp3) is 0.533. The van der Waals surface area contributed by atoms with E-state index in [-0.39, 0.29) is 36.5 Å². The first-order valence-electron chi connectivity index (χ1n) is 7.42. The van der Waals surface area contributed by atoms with E-state index in [4.69, 9.17) is 4.74 Å². The van der Waals surface area contributed by atoms with Crippen molar-refractivity contribution in [3.05, 3.63) is 38.9 Å². The number of nitrogens with zero attached hydrogens (tertiary/aromatic N) is 2. The van der Waals surface area contributed by atoms with E-state index < -0.39 is 36.1 Å². The standard InChI is InChI=1S/C15H14F6N2O2/c1-22-10-6-12-11(23(2-3-25-12)7-14(16,17)18)4-8(10)9(5-13(22)24)15(19,20)21/h4-5,12H,2-3,6-7H2,1H3. The van der Waals surface area contributed by atoms with E-state index in [1.54, 1.807) is 0 Å². The van der Waals surface area contributed by atoms with E-state index in [0.717, 1.165) is 15.5 Å². The second-order valence-corrected chi connectivity index (χ2v) is 5.98. The molecule has 1 saturated heterocycles. The van der Waals surface area contributed by atoms with Gasteiger partial charge in [0, 0.05) is 43.0 Å². The molecule has 3 rings (SSSR count). The fourth-order valence-electron chi connectivity index (χ4n) is 3.19. The molecule has 2 aliphatic rings. The topological polar surface area (TPSA) is 34.5 Å². The number of rotatable bonds is 1. The molecule has 10 heteroatoms. The summed E-state index contributed by atoms with van der Waals surface area (Å²) in [6.45, 7) is -1.30. The molecule has 4 nitrogen and oxygen atoms in total. The molecule has 1 aromatic rings. The van der Waals surface area contributed by atoms with Gasteiger partial charge in [0.25, 0.3) is 5.56 Å². The molecule has 25 heavy (non-hydrogen) atoms. The van der Waals surface area contributed by atoms with Crippen molar-refractivity contribution in [2.45, 2.75) is 24.9 Å². The summed E-state index contributed by atoms with van der Waals surface area (Å²) in [5, 5.41) is 0. The lowest BCUT2D eigenvalue weighted by Crippen LogP contribution is -2.47. The molecule has 1 atom stereocenters. The van der Waals surface area contributed by atoms with Gasteiger partial charge in [-0.1, -0.05) is 0 Å². The van der Waals surface area contributed by atoms with Gasteiger partial charge in [-0.3, -0.25) is 4.79 Å². The van der Waals surface area contributed by atoms with Crippen LogP contribution in [0, 0.1) is 0 Å². The molecule has 0 spiro atoms. The Bertz CT molecular complexity index is 778. The third-order valence-corrected chi connectivity index (χ3v) is 4.33. The average molecular weight is 368 g/mol. The van der Waals surface area contributed by atoms with Gasteiger partial charge < -0.3 is 14.2 Å². The van der Waals surface area contributed by atoms with E-state index in [9.17, 15) is 31.1 Å². The number of aromatic nitrogens is 1. The molecule has 0 aromatic carbocycles. The van der Waals surface area contributed by atoms with Crippen LogP contribution in [0.3, 0.4) is 0 Å². The number of fused-ring (bicyclic) bond motifs is 2. The van der Waals surface area contributed by atoms with Crippen molar-refractivity contribution < 1.29 is 31.1 Å². The second-order valence-electron chi connectivity index (χ2n) is 5.98. The SMILES string of the molecule is Cn1c2c(c(C(F)(F)F)cc1=O)C=C1C(C2)OCCN1CC(F)(F)F. The van der Waals surface area contributed by atoms with Crippen molar-refractivity contribution in [2.75, 3.05) is 19.7 Å². The first-order valence-corrected chi connectivity index (χ1v) is 7.42. The van der Waals surface area contributed by atoms with Gasteiger partial charge in [-0.25, -0.2) is 0 Å². The van der Waals surface area contributed by atoms with Crippen LogP contribution in [-0.4, -0.2) is 41.4 Å². The summed E-state index contributed by atoms with van der Waals surface area (Å²) in [4.78, 5) is 12.8. The number of hydrogen-bond donors (Lipinski definition) is 0. The van der Waals surface area contributed by atoms with Crippen LogP contribution in [0.15, 0.2) is 16.6 Å². The lowest BCUT2D eigenvalue weighted by molar-refractivity contribution is -0.150. The molecule has 1 unspecified atom stereocenters. The zero-order valence-electron chi connectivity index (χ0n) is 13.0. The van der Waals surface area contributed by atoms with Crippen LogP contribution < -0.4 is 5.56 Å². The van der Waals surface area contributed by atoms with Gasteiger partial charge >= 0.3 is 12.4 Å². The number of ether oxygens (including phenoxy) is 1. The summed E-state index contributed by atoms with van der Waals surface area (Å²) in [5.41, 5.74) is -2.10. The van der Waals surface area contributed by atoms with E-state index in [2.05, 4.69) is 0 Å². The quantitative estimate of drug-likeness (QED) is 0.715. The monoisotopic (exact) mass is 368 g/mol. The van der Waals surface area contributed by atoms with Crippen molar-refractivity contribution in [3.63, 3.8) is 0 Å². The molecule has 1 aromatic heterocycles. The molecule has 0 radical (unpaired) electrons. The van der Waals surface area contributed by atoms with Crippen LogP contribution in [0.1, 0.15) is 16.8 Å². The smallest absolute Gasteiger partial charge is 0.370 e. The molecular weight excluding hydrogens is 354 g/mol. The highest BCUT2D eigenvalue weighted by Gasteiger charge is 2.41. The zero-order chi connectivity index (χ0) is 18.6. The number of alkyl halides is 6. The summed E-state index contributed by atoms with van der Waals surface area (Å²) < 4.78 is 84.6. The maximum absolute atomic E-state index is 13.3. The summed E-state index contributed by atoms with van der Waals surface area (Å²) in [6, 6.07) is 0.466. The van der Waals surface area contributed by atoms with Crippen LogP contribution in [0.5, 0.6) is 0 Å². The maximum Gasteiger partial charge on any atom is 0.417 e. The fourth-order valence-corrected chi connectivity index (χ4v) is 3.19. The average Bonchev–Trinajstić information content (AvgIpc) is 2.47. The first-order chi connectivity index (χ1) is 11.5. The van der Waals surface area contributed by atoms with Gasteiger partial charge in [-0.15, -0.1) is 0 Å². The highest BCUT2D eigenvalue weighted by molar-refractivity contribution is 5.63. The van der Waals surface area contributed by atoms with Crippen LogP contribution >= 0.6 is 0 Å². The molecule has 1 aliphatic heterocycles. The minimum atomic E-state index is -4.79. The third kappa shape index (κ3) is 3.39. The number of morpholine rings is 1. The highest BCUT2D eigenvalue weighted by atomic mass is 19.4. The van der Waals surface area contributed by atoms with E-state index in [1.165, 1.54) is 7.05 Å². The molecule has 0 bridgehead atoms. The van der Waals surface area contributed by atoms with E-state index in [1.807, 2.05) is 0 Å². The van der Waals surface area contributed by atoms with Gasteiger partial charge in [0.15, 0.2) is 0 Å². The normalized spacial score (nSPS) is 20.8. The number of hydrogen-bond acceptors (Lipinski definition) is 3. The van der Waals surface area contributed by atoms with Gasteiger partial charge in [-0.05, 0) is 6.08 Å². The second kappa shape index (κ2) is 5.79. The van der Waals surface area contributed by atoms with Crippen molar-refractivity contribution in [1.82, 2.24) is 9.47 Å². The minimum Gasteiger partial charge on any atom is -0.370 e. The lowest BCUT2D eigenvalue weighted by Gasteiger charge is -2.40. The van der Waals surface area contributed by atoms with Gasteiger partial charge in [-0.2, -0.15) is 26.3 Å². The van der Waals surface area contributed by atoms with Crippen LogP contribution in [0.25, 0.3) is 6.08 Å².